The molecule has 6 heteroatoms. The zero-order valence-corrected chi connectivity index (χ0v) is 7.46. The van der Waals surface area contributed by atoms with Crippen LogP contribution in [0.1, 0.15) is 0 Å². The van der Waals surface area contributed by atoms with Crippen molar-refractivity contribution in [1.29, 1.82) is 0 Å². The van der Waals surface area contributed by atoms with E-state index < -0.39 is 11.8 Å². The fourth-order valence-electron chi connectivity index (χ4n) is 0.841. The molecule has 0 aromatic carbocycles. The number of amides is 2. The van der Waals surface area contributed by atoms with E-state index >= 15 is 0 Å². The smallest absolute Gasteiger partial charge is 0.289 e. The fourth-order valence-corrected chi connectivity index (χ4v) is 0.841. The first-order chi connectivity index (χ1) is 6.68. The summed E-state index contributed by atoms with van der Waals surface area (Å²) in [5, 5.41) is 6.99. The minimum Gasteiger partial charge on any atom is -0.366 e. The number of rotatable bonds is 2. The van der Waals surface area contributed by atoms with Gasteiger partial charge in [-0.15, -0.1) is 5.11 Å². The Morgan fingerprint density at radius 2 is 2.43 bits per heavy atom. The van der Waals surface area contributed by atoms with Crippen molar-refractivity contribution in [3.8, 4) is 0 Å². The molecule has 1 rings (SSSR count). The number of hydrogen-bond acceptors (Lipinski definition) is 4. The molecule has 1 aliphatic rings. The van der Waals surface area contributed by atoms with E-state index in [1.165, 1.54) is 24.6 Å². The lowest BCUT2D eigenvalue weighted by molar-refractivity contribution is -0.114. The third-order valence-electron chi connectivity index (χ3n) is 1.47. The van der Waals surface area contributed by atoms with E-state index in [0.717, 1.165) is 0 Å². The molecule has 1 heterocycles. The van der Waals surface area contributed by atoms with Crippen LogP contribution in [0.15, 0.2) is 34.8 Å². The molecule has 0 aliphatic carbocycles. The van der Waals surface area contributed by atoms with Crippen LogP contribution >= 0.6 is 0 Å². The second-order valence-electron chi connectivity index (χ2n) is 2.57. The van der Waals surface area contributed by atoms with Crippen molar-refractivity contribution < 1.29 is 9.59 Å². The van der Waals surface area contributed by atoms with Gasteiger partial charge in [0.05, 0.1) is 6.54 Å². The average molecular weight is 194 g/mol. The van der Waals surface area contributed by atoms with Crippen molar-refractivity contribution >= 4 is 11.8 Å². The van der Waals surface area contributed by atoms with E-state index in [2.05, 4.69) is 10.2 Å². The number of hydrogen-bond donors (Lipinski definition) is 1. The van der Waals surface area contributed by atoms with E-state index in [1.54, 1.807) is 4.90 Å². The third-order valence-corrected chi connectivity index (χ3v) is 1.47. The molecular weight excluding hydrogens is 184 g/mol. The first-order valence-corrected chi connectivity index (χ1v) is 4.01. The second kappa shape index (κ2) is 4.90. The van der Waals surface area contributed by atoms with Gasteiger partial charge in [-0.3, -0.25) is 9.59 Å². The van der Waals surface area contributed by atoms with Gasteiger partial charge in [-0.2, -0.15) is 5.11 Å². The third kappa shape index (κ3) is 3.61. The molecule has 0 radical (unpaired) electrons. The molecule has 0 spiro atoms. The maximum absolute atomic E-state index is 10.8. The molecule has 0 bridgehead atoms. The van der Waals surface area contributed by atoms with E-state index in [0.29, 0.717) is 13.1 Å². The Hall–Kier alpha value is -1.98. The SMILES string of the molecule is NC(=O)C=CN1C=CC(=O)N=NCC1. The number of azo groups is 1. The topological polar surface area (TPSA) is 88.1 Å². The van der Waals surface area contributed by atoms with E-state index in [9.17, 15) is 9.59 Å². The first kappa shape index (κ1) is 10.1. The number of carbonyl (C=O) groups excluding carboxylic acids is 2. The molecule has 0 saturated carbocycles. The van der Waals surface area contributed by atoms with Crippen LogP contribution in [0.2, 0.25) is 0 Å². The molecule has 0 unspecified atom stereocenters. The summed E-state index contributed by atoms with van der Waals surface area (Å²) in [5.74, 6) is -0.949. The highest BCUT2D eigenvalue weighted by molar-refractivity contribution is 5.88. The Morgan fingerprint density at radius 1 is 1.64 bits per heavy atom. The fraction of sp³-hybridized carbons (Fsp3) is 0.250. The lowest BCUT2D eigenvalue weighted by Crippen LogP contribution is -2.17. The number of primary amides is 1. The summed E-state index contributed by atoms with van der Waals surface area (Å²) < 4.78 is 0. The monoisotopic (exact) mass is 194 g/mol. The summed E-state index contributed by atoms with van der Waals surface area (Å²) in [4.78, 5) is 22.9. The maximum atomic E-state index is 10.8. The molecule has 2 N–H and O–H groups in total. The molecule has 0 atom stereocenters. The Balaban J connectivity index is 2.62. The number of carbonyl (C=O) groups is 2. The van der Waals surface area contributed by atoms with Crippen molar-refractivity contribution in [3.63, 3.8) is 0 Å². The van der Waals surface area contributed by atoms with Gasteiger partial charge in [-0.25, -0.2) is 0 Å². The largest absolute Gasteiger partial charge is 0.366 e. The molecule has 0 aromatic heterocycles. The normalized spacial score (nSPS) is 17.1. The Bertz CT molecular complexity index is 319. The Kier molecular flexibility index (Phi) is 3.54. The quantitative estimate of drug-likeness (QED) is 0.617. The minimum absolute atomic E-state index is 0.402. The minimum atomic E-state index is -0.534. The number of nitrogens with zero attached hydrogens (tertiary/aromatic N) is 3. The highest BCUT2D eigenvalue weighted by atomic mass is 16.1. The van der Waals surface area contributed by atoms with Gasteiger partial charge < -0.3 is 10.6 Å². The molecule has 0 fully saturated rings. The molecule has 14 heavy (non-hydrogen) atoms. The Labute approximate surface area is 80.8 Å². The molecular formula is C8H10N4O2. The van der Waals surface area contributed by atoms with Crippen LogP contribution in [0.4, 0.5) is 0 Å². The second-order valence-corrected chi connectivity index (χ2v) is 2.57. The van der Waals surface area contributed by atoms with Crippen LogP contribution < -0.4 is 5.73 Å². The van der Waals surface area contributed by atoms with Crippen LogP contribution in [-0.4, -0.2) is 29.8 Å². The van der Waals surface area contributed by atoms with E-state index in [1.807, 2.05) is 0 Å². The van der Waals surface area contributed by atoms with Crippen LogP contribution in [-0.2, 0) is 9.59 Å². The van der Waals surface area contributed by atoms with Crippen LogP contribution in [0.3, 0.4) is 0 Å². The van der Waals surface area contributed by atoms with Gasteiger partial charge in [-0.1, -0.05) is 0 Å². The van der Waals surface area contributed by atoms with Gasteiger partial charge in [0.1, 0.15) is 0 Å². The lowest BCUT2D eigenvalue weighted by atomic mass is 10.4. The highest BCUT2D eigenvalue weighted by Gasteiger charge is 2.00. The highest BCUT2D eigenvalue weighted by Crippen LogP contribution is 1.97. The first-order valence-electron chi connectivity index (χ1n) is 4.01. The molecule has 0 aromatic rings. The molecule has 1 aliphatic heterocycles. The standard InChI is InChI=1S/C8H10N4O2/c9-7(13)1-4-12-5-2-8(14)11-10-3-6-12/h1-2,4-5H,3,6H2,(H2,9,13). The van der Waals surface area contributed by atoms with Crippen molar-refractivity contribution in [2.45, 2.75) is 0 Å². The van der Waals surface area contributed by atoms with Crippen LogP contribution in [0, 0.1) is 0 Å². The molecule has 6 nitrogen and oxygen atoms in total. The van der Waals surface area contributed by atoms with Gasteiger partial charge in [0, 0.05) is 31.1 Å². The van der Waals surface area contributed by atoms with Crippen molar-refractivity contribution in [1.82, 2.24) is 4.90 Å². The van der Waals surface area contributed by atoms with E-state index in [-0.39, 0.29) is 0 Å². The summed E-state index contributed by atoms with van der Waals surface area (Å²) in [6.45, 7) is 0.955. The Morgan fingerprint density at radius 3 is 3.14 bits per heavy atom. The van der Waals surface area contributed by atoms with Gasteiger partial charge in [0.25, 0.3) is 5.91 Å². The van der Waals surface area contributed by atoms with E-state index in [4.69, 9.17) is 5.73 Å². The van der Waals surface area contributed by atoms with Crippen LogP contribution in [0.25, 0.3) is 0 Å². The molecule has 0 saturated heterocycles. The predicted molar refractivity (Wildman–Crippen MR) is 48.9 cm³/mol. The predicted octanol–water partition coefficient (Wildman–Crippen LogP) is -0.207. The summed E-state index contributed by atoms with van der Waals surface area (Å²) in [6.07, 6.45) is 5.51. The van der Waals surface area contributed by atoms with Gasteiger partial charge in [-0.05, 0) is 0 Å². The lowest BCUT2D eigenvalue weighted by Gasteiger charge is -2.13. The van der Waals surface area contributed by atoms with Gasteiger partial charge >= 0.3 is 0 Å². The summed E-state index contributed by atoms with van der Waals surface area (Å²) in [6, 6.07) is 0. The van der Waals surface area contributed by atoms with Gasteiger partial charge in [0.15, 0.2) is 0 Å². The molecule has 2 amide bonds. The van der Waals surface area contributed by atoms with Crippen LogP contribution in [0.5, 0.6) is 0 Å². The zero-order valence-electron chi connectivity index (χ0n) is 7.46. The summed E-state index contributed by atoms with van der Waals surface area (Å²) in [5.41, 5.74) is 4.92. The zero-order chi connectivity index (χ0) is 10.4. The summed E-state index contributed by atoms with van der Waals surface area (Å²) in [7, 11) is 0. The van der Waals surface area contributed by atoms with Crippen molar-refractivity contribution in [2.24, 2.45) is 16.0 Å². The molecule has 74 valence electrons. The summed E-state index contributed by atoms with van der Waals surface area (Å²) >= 11 is 0. The van der Waals surface area contributed by atoms with Crippen molar-refractivity contribution in [2.75, 3.05) is 13.1 Å². The average Bonchev–Trinajstić information content (AvgIpc) is 2.11. The van der Waals surface area contributed by atoms with Crippen molar-refractivity contribution in [3.05, 3.63) is 24.6 Å². The number of nitrogens with two attached hydrogens (primary N) is 1. The van der Waals surface area contributed by atoms with Gasteiger partial charge in [0.2, 0.25) is 5.91 Å². The maximum Gasteiger partial charge on any atom is 0.289 e.